The zero-order chi connectivity index (χ0) is 25.3. The number of amides is 2. The summed E-state index contributed by atoms with van der Waals surface area (Å²) in [5, 5.41) is 2.54. The van der Waals surface area contributed by atoms with Gasteiger partial charge in [0.1, 0.15) is 6.54 Å². The second-order valence-electron chi connectivity index (χ2n) is 8.29. The fraction of sp³-hybridized carbons (Fsp3) is 0.640. The maximum absolute atomic E-state index is 12.8. The van der Waals surface area contributed by atoms with E-state index >= 15 is 0 Å². The van der Waals surface area contributed by atoms with Gasteiger partial charge in [0.05, 0.1) is 19.8 Å². The van der Waals surface area contributed by atoms with Crippen molar-refractivity contribution >= 4 is 17.8 Å². The van der Waals surface area contributed by atoms with Gasteiger partial charge in [-0.3, -0.25) is 14.4 Å². The van der Waals surface area contributed by atoms with Crippen LogP contribution in [0.3, 0.4) is 0 Å². The molecular formula is C25H38N2O7. The molecule has 1 saturated heterocycles. The van der Waals surface area contributed by atoms with E-state index in [0.29, 0.717) is 37.1 Å². The molecule has 1 fully saturated rings. The van der Waals surface area contributed by atoms with Crippen molar-refractivity contribution in [3.8, 4) is 17.2 Å². The number of carbonyl (C=O) groups excluding carboxylic acids is 3. The Morgan fingerprint density at radius 3 is 2.00 bits per heavy atom. The molecule has 1 aromatic rings. The fourth-order valence-corrected chi connectivity index (χ4v) is 4.13. The summed E-state index contributed by atoms with van der Waals surface area (Å²) in [5.74, 6) is -0.213. The zero-order valence-electron chi connectivity index (χ0n) is 21.1. The van der Waals surface area contributed by atoms with E-state index in [2.05, 4.69) is 5.32 Å². The van der Waals surface area contributed by atoms with Crippen LogP contribution < -0.4 is 19.5 Å². The predicted octanol–water partition coefficient (Wildman–Crippen LogP) is 3.33. The van der Waals surface area contributed by atoms with Gasteiger partial charge in [-0.2, -0.15) is 0 Å². The molecule has 1 heterocycles. The Hall–Kier alpha value is -2.97. The maximum Gasteiger partial charge on any atom is 0.326 e. The van der Waals surface area contributed by atoms with Gasteiger partial charge in [0, 0.05) is 17.6 Å². The minimum Gasteiger partial charge on any atom is -0.490 e. The number of likely N-dealkylation sites (tertiary alicyclic amines) is 1. The van der Waals surface area contributed by atoms with E-state index in [4.69, 9.17) is 18.9 Å². The highest BCUT2D eigenvalue weighted by Crippen LogP contribution is 2.39. The average molecular weight is 479 g/mol. The van der Waals surface area contributed by atoms with Crippen LogP contribution in [0.25, 0.3) is 0 Å². The fourth-order valence-electron chi connectivity index (χ4n) is 4.13. The summed E-state index contributed by atoms with van der Waals surface area (Å²) in [4.78, 5) is 39.7. The number of nitrogens with one attached hydrogen (secondary N) is 1. The first kappa shape index (κ1) is 27.3. The second kappa shape index (κ2) is 13.1. The summed E-state index contributed by atoms with van der Waals surface area (Å²) in [6.45, 7) is 11.9. The van der Waals surface area contributed by atoms with Crippen LogP contribution in [0.5, 0.6) is 17.2 Å². The Morgan fingerprint density at radius 2 is 1.50 bits per heavy atom. The molecule has 2 rings (SSSR count). The van der Waals surface area contributed by atoms with Gasteiger partial charge in [-0.25, -0.2) is 0 Å². The van der Waals surface area contributed by atoms with Crippen molar-refractivity contribution in [2.24, 2.45) is 0 Å². The summed E-state index contributed by atoms with van der Waals surface area (Å²) in [7, 11) is 0. The monoisotopic (exact) mass is 478 g/mol. The number of hydrogen-bond acceptors (Lipinski definition) is 7. The average Bonchev–Trinajstić information content (AvgIpc) is 2.79. The molecule has 34 heavy (non-hydrogen) atoms. The van der Waals surface area contributed by atoms with Gasteiger partial charge in [-0.1, -0.05) is 0 Å². The minimum atomic E-state index is -0.924. The smallest absolute Gasteiger partial charge is 0.326 e. The van der Waals surface area contributed by atoms with Crippen molar-refractivity contribution in [1.29, 1.82) is 0 Å². The highest BCUT2D eigenvalue weighted by molar-refractivity contribution is 5.97. The number of carbonyl (C=O) groups is 3. The third-order valence-electron chi connectivity index (χ3n) is 5.67. The number of nitrogens with zero attached hydrogens (tertiary/aromatic N) is 1. The van der Waals surface area contributed by atoms with Crippen molar-refractivity contribution in [3.05, 3.63) is 17.7 Å². The summed E-state index contributed by atoms with van der Waals surface area (Å²) in [5.41, 5.74) is 0.253. The highest BCUT2D eigenvalue weighted by atomic mass is 16.6. The molecule has 1 aliphatic heterocycles. The van der Waals surface area contributed by atoms with Crippen molar-refractivity contribution in [1.82, 2.24) is 10.2 Å². The topological polar surface area (TPSA) is 103 Å². The quantitative estimate of drug-likeness (QED) is 0.487. The highest BCUT2D eigenvalue weighted by Gasteiger charge is 2.33. The molecule has 0 aliphatic carbocycles. The third kappa shape index (κ3) is 7.01. The summed E-state index contributed by atoms with van der Waals surface area (Å²) < 4.78 is 22.2. The van der Waals surface area contributed by atoms with Crippen LogP contribution in [-0.4, -0.2) is 67.2 Å². The summed E-state index contributed by atoms with van der Waals surface area (Å²) in [6.07, 6.45) is 2.02. The number of hydrogen-bond donors (Lipinski definition) is 1. The van der Waals surface area contributed by atoms with Crippen molar-refractivity contribution < 1.29 is 33.3 Å². The van der Waals surface area contributed by atoms with E-state index in [1.807, 2.05) is 34.6 Å². The first-order valence-electron chi connectivity index (χ1n) is 12.1. The van der Waals surface area contributed by atoms with Crippen molar-refractivity contribution in [2.45, 2.75) is 79.0 Å². The van der Waals surface area contributed by atoms with Crippen LogP contribution in [0.1, 0.15) is 71.2 Å². The lowest BCUT2D eigenvalue weighted by atomic mass is 9.97. The van der Waals surface area contributed by atoms with Crippen LogP contribution in [0.2, 0.25) is 0 Å². The molecular weight excluding hydrogens is 440 g/mol. The molecule has 1 N–H and O–H groups in total. The van der Waals surface area contributed by atoms with Crippen LogP contribution in [0.4, 0.5) is 0 Å². The van der Waals surface area contributed by atoms with Gasteiger partial charge < -0.3 is 29.2 Å². The lowest BCUT2D eigenvalue weighted by molar-refractivity contribution is -0.161. The molecule has 0 spiro atoms. The van der Waals surface area contributed by atoms with Crippen molar-refractivity contribution in [3.63, 3.8) is 0 Å². The van der Waals surface area contributed by atoms with E-state index in [-0.39, 0.29) is 30.1 Å². The summed E-state index contributed by atoms with van der Waals surface area (Å²) >= 11 is 0. The van der Waals surface area contributed by atoms with E-state index < -0.39 is 18.0 Å². The molecule has 9 nitrogen and oxygen atoms in total. The van der Waals surface area contributed by atoms with Gasteiger partial charge >= 0.3 is 5.97 Å². The molecule has 2 amide bonds. The molecule has 0 unspecified atom stereocenters. The van der Waals surface area contributed by atoms with Gasteiger partial charge in [-0.15, -0.1) is 0 Å². The molecule has 1 aliphatic rings. The molecule has 3 atom stereocenters. The molecule has 0 bridgehead atoms. The van der Waals surface area contributed by atoms with Gasteiger partial charge in [-0.05, 0) is 72.9 Å². The standard InChI is InChI=1S/C25H38N2O7/c1-7-31-20-13-19(14-21(32-8-2)23(20)33-9-3)24(29)26-15-22(28)34-18(6)25(30)27-16(4)11-10-12-17(27)5/h13-14,16-18H,7-12,15H2,1-6H3,(H,26,29)/t16-,17-,18-/m1/s1. The van der Waals surface area contributed by atoms with E-state index in [0.717, 1.165) is 19.3 Å². The first-order valence-corrected chi connectivity index (χ1v) is 12.1. The number of ether oxygens (including phenoxy) is 4. The van der Waals surface area contributed by atoms with Crippen molar-refractivity contribution in [2.75, 3.05) is 26.4 Å². The zero-order valence-corrected chi connectivity index (χ0v) is 21.1. The SMILES string of the molecule is CCOc1cc(C(=O)NCC(=O)O[C@H](C)C(=O)N2[C@H](C)CCC[C@H]2C)cc(OCC)c1OCC. The number of esters is 1. The molecule has 1 aromatic carbocycles. The minimum absolute atomic E-state index is 0.107. The third-order valence-corrected chi connectivity index (χ3v) is 5.67. The Bertz CT molecular complexity index is 821. The Labute approximate surface area is 202 Å². The number of benzene rings is 1. The lowest BCUT2D eigenvalue weighted by Gasteiger charge is -2.40. The van der Waals surface area contributed by atoms with E-state index in [1.54, 1.807) is 24.0 Å². The van der Waals surface area contributed by atoms with Gasteiger partial charge in [0.2, 0.25) is 5.75 Å². The molecule has 0 radical (unpaired) electrons. The Morgan fingerprint density at radius 1 is 0.971 bits per heavy atom. The first-order chi connectivity index (χ1) is 16.2. The lowest BCUT2D eigenvalue weighted by Crippen LogP contribution is -2.51. The van der Waals surface area contributed by atoms with E-state index in [9.17, 15) is 14.4 Å². The maximum atomic E-state index is 12.8. The largest absolute Gasteiger partial charge is 0.490 e. The number of piperidine rings is 1. The van der Waals surface area contributed by atoms with Crippen LogP contribution in [0, 0.1) is 0 Å². The second-order valence-corrected chi connectivity index (χ2v) is 8.29. The van der Waals surface area contributed by atoms with Crippen LogP contribution >= 0.6 is 0 Å². The van der Waals surface area contributed by atoms with Gasteiger partial charge in [0.15, 0.2) is 17.6 Å². The molecule has 0 saturated carbocycles. The van der Waals surface area contributed by atoms with Gasteiger partial charge in [0.25, 0.3) is 11.8 Å². The van der Waals surface area contributed by atoms with E-state index in [1.165, 1.54) is 0 Å². The Kier molecular flexibility index (Phi) is 10.5. The molecule has 0 aromatic heterocycles. The van der Waals surface area contributed by atoms with Crippen LogP contribution in [-0.2, 0) is 14.3 Å². The summed E-state index contributed by atoms with van der Waals surface area (Å²) in [6, 6.07) is 3.30. The predicted molar refractivity (Wildman–Crippen MR) is 127 cm³/mol. The van der Waals surface area contributed by atoms with Crippen LogP contribution in [0.15, 0.2) is 12.1 Å². The molecule has 190 valence electrons. The number of rotatable bonds is 11. The molecule has 9 heteroatoms. The Balaban J connectivity index is 2.02. The normalized spacial score (nSPS) is 18.6.